The van der Waals surface area contributed by atoms with Crippen LogP contribution in [0.4, 0.5) is 16.3 Å². The van der Waals surface area contributed by atoms with Gasteiger partial charge in [-0.3, -0.25) is 14.9 Å². The van der Waals surface area contributed by atoms with Crippen molar-refractivity contribution >= 4 is 35.4 Å². The van der Waals surface area contributed by atoms with E-state index in [4.69, 9.17) is 4.74 Å². The maximum absolute atomic E-state index is 13.7. The van der Waals surface area contributed by atoms with Crippen LogP contribution in [0.25, 0.3) is 11.7 Å². The summed E-state index contributed by atoms with van der Waals surface area (Å²) in [7, 11) is 1.60. The number of anilines is 2. The van der Waals surface area contributed by atoms with E-state index >= 15 is 0 Å². The van der Waals surface area contributed by atoms with Crippen molar-refractivity contribution in [2.45, 2.75) is 19.0 Å². The predicted molar refractivity (Wildman–Crippen MR) is 98.6 cm³/mol. The van der Waals surface area contributed by atoms with Gasteiger partial charge in [-0.1, -0.05) is 0 Å². The summed E-state index contributed by atoms with van der Waals surface area (Å²) >= 11 is 0. The molecule has 1 atom stereocenters. The van der Waals surface area contributed by atoms with Crippen molar-refractivity contribution in [1.29, 1.82) is 0 Å². The molecular formula is C17H20FN7O3. The molecule has 4 rings (SSSR count). The smallest absolute Gasteiger partial charge is 0.254 e. The number of nitrogens with zero attached hydrogens (tertiary/aromatic N) is 5. The van der Waals surface area contributed by atoms with Gasteiger partial charge in [0.05, 0.1) is 25.8 Å². The Morgan fingerprint density at radius 3 is 2.96 bits per heavy atom. The van der Waals surface area contributed by atoms with Crippen molar-refractivity contribution in [2.24, 2.45) is 0 Å². The van der Waals surface area contributed by atoms with Crippen LogP contribution >= 0.6 is 0 Å². The molecule has 0 aromatic carbocycles. The first-order valence-electron chi connectivity index (χ1n) is 8.97. The number of methoxy groups -OCH3 is 1. The first kappa shape index (κ1) is 18.3. The van der Waals surface area contributed by atoms with Crippen LogP contribution in [-0.2, 0) is 14.3 Å². The van der Waals surface area contributed by atoms with Crippen LogP contribution in [0.1, 0.15) is 18.4 Å². The third kappa shape index (κ3) is 3.52. The predicted octanol–water partition coefficient (Wildman–Crippen LogP) is 0.161. The number of ether oxygens (including phenoxy) is 1. The zero-order chi connectivity index (χ0) is 19.7. The van der Waals surface area contributed by atoms with E-state index in [1.54, 1.807) is 19.4 Å². The molecule has 2 fully saturated rings. The van der Waals surface area contributed by atoms with Gasteiger partial charge < -0.3 is 15.0 Å². The number of fused-ring (bicyclic) bond motifs is 1. The van der Waals surface area contributed by atoms with Crippen LogP contribution in [0, 0.1) is 0 Å². The molecule has 0 bridgehead atoms. The van der Waals surface area contributed by atoms with E-state index in [0.29, 0.717) is 54.8 Å². The summed E-state index contributed by atoms with van der Waals surface area (Å²) in [5.74, 6) is 0.0727. The minimum absolute atomic E-state index is 0.0166. The number of aromatic nitrogens is 4. The lowest BCUT2D eigenvalue weighted by molar-refractivity contribution is -0.124. The Kier molecular flexibility index (Phi) is 4.90. The summed E-state index contributed by atoms with van der Waals surface area (Å²) in [5.41, 5.74) is 1.39. The van der Waals surface area contributed by atoms with Crippen LogP contribution in [0.3, 0.4) is 0 Å². The van der Waals surface area contributed by atoms with Gasteiger partial charge in [-0.2, -0.15) is 19.6 Å². The number of imide groups is 1. The van der Waals surface area contributed by atoms with E-state index in [0.717, 1.165) is 0 Å². The third-order valence-corrected chi connectivity index (χ3v) is 4.61. The second-order valence-electron chi connectivity index (χ2n) is 6.66. The van der Waals surface area contributed by atoms with Crippen LogP contribution < -0.4 is 15.5 Å². The van der Waals surface area contributed by atoms with Gasteiger partial charge in [-0.25, -0.2) is 4.39 Å². The first-order valence-corrected chi connectivity index (χ1v) is 8.97. The Labute approximate surface area is 159 Å². The summed E-state index contributed by atoms with van der Waals surface area (Å²) in [6, 6.07) is 0. The average Bonchev–Trinajstić information content (AvgIpc) is 3.35. The highest BCUT2D eigenvalue weighted by molar-refractivity contribution is 6.15. The topological polar surface area (TPSA) is 114 Å². The molecule has 2 amide bonds. The van der Waals surface area contributed by atoms with Crippen LogP contribution in [-0.4, -0.2) is 70.9 Å². The monoisotopic (exact) mass is 389 g/mol. The van der Waals surface area contributed by atoms with Gasteiger partial charge in [0.15, 0.2) is 5.65 Å². The van der Waals surface area contributed by atoms with E-state index in [1.165, 1.54) is 4.52 Å². The summed E-state index contributed by atoms with van der Waals surface area (Å²) in [6.45, 7) is 1.73. The van der Waals surface area contributed by atoms with Gasteiger partial charge in [0.1, 0.15) is 6.17 Å². The van der Waals surface area contributed by atoms with Crippen molar-refractivity contribution in [2.75, 3.05) is 43.6 Å². The molecule has 2 aliphatic rings. The Hall–Kier alpha value is -3.08. The number of rotatable bonds is 6. The molecule has 148 valence electrons. The number of hydrogen-bond donors (Lipinski definition) is 2. The largest absolute Gasteiger partial charge is 0.383 e. The molecular weight excluding hydrogens is 369 g/mol. The number of carbonyl (C=O) groups excluding carboxylic acids is 2. The molecule has 2 N–H and O–H groups in total. The van der Waals surface area contributed by atoms with Crippen molar-refractivity contribution in [1.82, 2.24) is 24.9 Å². The minimum Gasteiger partial charge on any atom is -0.383 e. The first-order chi connectivity index (χ1) is 13.5. The lowest BCUT2D eigenvalue weighted by Gasteiger charge is -2.18. The number of alkyl halides is 1. The Morgan fingerprint density at radius 2 is 2.29 bits per heavy atom. The third-order valence-electron chi connectivity index (χ3n) is 4.61. The molecule has 2 aromatic heterocycles. The minimum atomic E-state index is -0.916. The second-order valence-corrected chi connectivity index (χ2v) is 6.66. The van der Waals surface area contributed by atoms with Crippen molar-refractivity contribution < 1.29 is 18.7 Å². The van der Waals surface area contributed by atoms with Gasteiger partial charge in [-0.05, 0) is 12.5 Å². The van der Waals surface area contributed by atoms with E-state index < -0.39 is 12.1 Å². The zero-order valence-corrected chi connectivity index (χ0v) is 15.3. The summed E-state index contributed by atoms with van der Waals surface area (Å²) in [5, 5.41) is 9.65. The summed E-state index contributed by atoms with van der Waals surface area (Å²) < 4.78 is 20.3. The van der Waals surface area contributed by atoms with Gasteiger partial charge >= 0.3 is 0 Å². The lowest BCUT2D eigenvalue weighted by Crippen LogP contribution is -2.25. The summed E-state index contributed by atoms with van der Waals surface area (Å²) in [6.07, 6.45) is 2.68. The molecule has 0 spiro atoms. The van der Waals surface area contributed by atoms with Crippen molar-refractivity contribution in [3.63, 3.8) is 0 Å². The van der Waals surface area contributed by atoms with Gasteiger partial charge in [0, 0.05) is 31.3 Å². The number of carbonyl (C=O) groups is 2. The Bertz CT molecular complexity index is 958. The van der Waals surface area contributed by atoms with Gasteiger partial charge in [-0.15, -0.1) is 0 Å². The second kappa shape index (κ2) is 7.50. The standard InChI is InChI=1S/C17H20FN7O3/c1-28-5-3-19-16-22-14-11(6-10-7-13(26)21-15(10)27)8-20-25(14)17(23-16)24-4-2-12(18)9-24/h6,8,12H,2-5,7,9H2,1H3,(H,19,22)(H,21,26,27)/b10-6+. The van der Waals surface area contributed by atoms with Crippen LogP contribution in [0.5, 0.6) is 0 Å². The highest BCUT2D eigenvalue weighted by Crippen LogP contribution is 2.25. The molecule has 10 nitrogen and oxygen atoms in total. The van der Waals surface area contributed by atoms with Gasteiger partial charge in [0.2, 0.25) is 17.8 Å². The molecule has 0 saturated carbocycles. The van der Waals surface area contributed by atoms with E-state index in [-0.39, 0.29) is 18.9 Å². The maximum atomic E-state index is 13.7. The highest BCUT2D eigenvalue weighted by atomic mass is 19.1. The molecule has 2 saturated heterocycles. The van der Waals surface area contributed by atoms with Crippen molar-refractivity contribution in [3.05, 3.63) is 17.3 Å². The number of amides is 2. The SMILES string of the molecule is COCCNc1nc(N2CCC(F)C2)n2ncc(/C=C3\CC(=O)NC3=O)c2n1. The molecule has 0 aliphatic carbocycles. The number of hydrogen-bond acceptors (Lipinski definition) is 8. The fourth-order valence-electron chi connectivity index (χ4n) is 3.24. The molecule has 4 heterocycles. The zero-order valence-electron chi connectivity index (χ0n) is 15.3. The Balaban J connectivity index is 1.75. The quantitative estimate of drug-likeness (QED) is 0.408. The van der Waals surface area contributed by atoms with E-state index in [1.807, 2.05) is 4.90 Å². The van der Waals surface area contributed by atoms with Crippen molar-refractivity contribution in [3.8, 4) is 0 Å². The van der Waals surface area contributed by atoms with Crippen LogP contribution in [0.15, 0.2) is 11.8 Å². The average molecular weight is 389 g/mol. The molecule has 2 aromatic rings. The van der Waals surface area contributed by atoms with Crippen LogP contribution in [0.2, 0.25) is 0 Å². The normalized spacial score (nSPS) is 21.1. The fourth-order valence-corrected chi connectivity index (χ4v) is 3.24. The molecule has 11 heteroatoms. The molecule has 1 unspecified atom stereocenters. The molecule has 0 radical (unpaired) electrons. The van der Waals surface area contributed by atoms with E-state index in [9.17, 15) is 14.0 Å². The molecule has 2 aliphatic heterocycles. The number of nitrogens with one attached hydrogen (secondary N) is 2. The number of halogens is 1. The van der Waals surface area contributed by atoms with Gasteiger partial charge in [0.25, 0.3) is 5.91 Å². The van der Waals surface area contributed by atoms with E-state index in [2.05, 4.69) is 25.7 Å². The highest BCUT2D eigenvalue weighted by Gasteiger charge is 2.27. The fraction of sp³-hybridized carbons (Fsp3) is 0.471. The lowest BCUT2D eigenvalue weighted by atomic mass is 10.1. The Morgan fingerprint density at radius 1 is 1.43 bits per heavy atom. The molecule has 28 heavy (non-hydrogen) atoms. The summed E-state index contributed by atoms with van der Waals surface area (Å²) in [4.78, 5) is 34.1. The maximum Gasteiger partial charge on any atom is 0.254 e.